The van der Waals surface area contributed by atoms with Gasteiger partial charge in [-0.15, -0.1) is 0 Å². The van der Waals surface area contributed by atoms with Crippen molar-refractivity contribution in [3.05, 3.63) is 0 Å². The van der Waals surface area contributed by atoms with Crippen LogP contribution in [0.2, 0.25) is 0 Å². The second-order valence-corrected chi connectivity index (χ2v) is 15.9. The van der Waals surface area contributed by atoms with Gasteiger partial charge in [0.1, 0.15) is 0 Å². The normalized spacial score (nSPS) is 12.0. The van der Waals surface area contributed by atoms with Gasteiger partial charge in [0.25, 0.3) is 0 Å². The van der Waals surface area contributed by atoms with Crippen molar-refractivity contribution in [2.24, 2.45) is 0 Å². The molecule has 2 unspecified atom stereocenters. The Morgan fingerprint density at radius 1 is 0.317 bits per heavy atom. The van der Waals surface area contributed by atoms with Crippen molar-refractivity contribution in [2.45, 2.75) is 244 Å². The quantitative estimate of drug-likeness (QED) is 0.0253. The van der Waals surface area contributed by atoms with E-state index < -0.39 is 85.6 Å². The van der Waals surface area contributed by atoms with Crippen LogP contribution in [-0.2, 0) is 57.3 Å². The fourth-order valence-electron chi connectivity index (χ4n) is 6.65. The van der Waals surface area contributed by atoms with Crippen molar-refractivity contribution >= 4 is 47.8 Å². The first-order chi connectivity index (χ1) is 28.9. The molecular formula is C46H78O14. The number of carboxylic acid groups (broad SMARTS) is 2. The Hall–Kier alpha value is -3.84. The van der Waals surface area contributed by atoms with Crippen LogP contribution < -0.4 is 0 Å². The highest BCUT2D eigenvalue weighted by Crippen LogP contribution is 2.18. The van der Waals surface area contributed by atoms with Gasteiger partial charge in [0, 0.05) is 38.5 Å². The first kappa shape index (κ1) is 56.2. The summed E-state index contributed by atoms with van der Waals surface area (Å²) in [5.41, 5.74) is 0. The van der Waals surface area contributed by atoms with Crippen LogP contribution in [0.1, 0.15) is 232 Å². The smallest absolute Gasteiger partial charge is 0.359 e. The third-order valence-electron chi connectivity index (χ3n) is 10.2. The van der Waals surface area contributed by atoms with Crippen LogP contribution in [-0.4, -0.2) is 70.2 Å². The molecule has 0 heterocycles. The van der Waals surface area contributed by atoms with E-state index in [-0.39, 0.29) is 25.7 Å². The molecule has 0 spiro atoms. The Balaban J connectivity index is 5.34. The van der Waals surface area contributed by atoms with E-state index in [1.165, 1.54) is 89.9 Å². The molecular weight excluding hydrogens is 776 g/mol. The minimum atomic E-state index is -2.38. The SMILES string of the molecule is CCCCCCCCCCCCCCCC(=O)OC(=O)C(OC(=O)CCCC(=O)O)C(OC(=O)CCCC(=O)O)C(=O)OC(=O)CCCCCCCCCCCCCCC. The standard InChI is InChI=1S/C46H78O14/c1-3-5-7-9-11-13-15-17-19-21-23-25-27-33-41(53)59-45(55)43(57-39(51)35-29-31-37(47)48)44(58-40(52)36-30-32-38(49)50)46(56)60-42(54)34-28-26-24-22-20-18-16-14-12-10-8-6-4-2/h43-44H,3-36H2,1-2H3,(H,47,48)(H,49,50). The summed E-state index contributed by atoms with van der Waals surface area (Å²) in [4.78, 5) is 99.5. The van der Waals surface area contributed by atoms with E-state index in [1.54, 1.807) is 0 Å². The molecule has 0 rings (SSSR count). The predicted molar refractivity (Wildman–Crippen MR) is 226 cm³/mol. The Morgan fingerprint density at radius 2 is 0.550 bits per heavy atom. The molecule has 14 nitrogen and oxygen atoms in total. The van der Waals surface area contributed by atoms with Crippen molar-refractivity contribution in [2.75, 3.05) is 0 Å². The van der Waals surface area contributed by atoms with E-state index in [0.717, 1.165) is 51.4 Å². The van der Waals surface area contributed by atoms with Gasteiger partial charge >= 0.3 is 47.8 Å². The van der Waals surface area contributed by atoms with E-state index in [0.29, 0.717) is 25.7 Å². The van der Waals surface area contributed by atoms with E-state index in [4.69, 9.17) is 29.2 Å². The average Bonchev–Trinajstić information content (AvgIpc) is 3.19. The molecule has 2 atom stereocenters. The lowest BCUT2D eigenvalue weighted by molar-refractivity contribution is -0.194. The Kier molecular flexibility index (Phi) is 36.8. The molecule has 346 valence electrons. The number of unbranched alkanes of at least 4 members (excludes halogenated alkanes) is 24. The summed E-state index contributed by atoms with van der Waals surface area (Å²) in [6.07, 6.45) is 20.7. The summed E-state index contributed by atoms with van der Waals surface area (Å²) in [5.74, 6) is -9.79. The molecule has 0 amide bonds. The number of carboxylic acids is 2. The maximum Gasteiger partial charge on any atom is 0.359 e. The maximum absolute atomic E-state index is 13.4. The lowest BCUT2D eigenvalue weighted by atomic mass is 10.0. The fraction of sp³-hybridized carbons (Fsp3) is 0.826. The molecule has 0 aliphatic heterocycles. The molecule has 0 radical (unpaired) electrons. The summed E-state index contributed by atoms with van der Waals surface area (Å²) in [6, 6.07) is 0. The first-order valence-electron chi connectivity index (χ1n) is 23.2. The Bertz CT molecular complexity index is 1120. The van der Waals surface area contributed by atoms with E-state index in [1.807, 2.05) is 0 Å². The summed E-state index contributed by atoms with van der Waals surface area (Å²) in [5, 5.41) is 17.9. The highest BCUT2D eigenvalue weighted by molar-refractivity contribution is 5.96. The molecule has 2 N–H and O–H groups in total. The summed E-state index contributed by atoms with van der Waals surface area (Å²) in [7, 11) is 0. The topological polar surface area (TPSA) is 214 Å². The van der Waals surface area contributed by atoms with Crippen molar-refractivity contribution in [3.63, 3.8) is 0 Å². The number of esters is 6. The zero-order valence-corrected chi connectivity index (χ0v) is 37.0. The van der Waals surface area contributed by atoms with Crippen LogP contribution in [0, 0.1) is 0 Å². The minimum Gasteiger partial charge on any atom is -0.481 e. The third-order valence-corrected chi connectivity index (χ3v) is 10.2. The zero-order valence-electron chi connectivity index (χ0n) is 37.0. The number of ether oxygens (including phenoxy) is 4. The van der Waals surface area contributed by atoms with Crippen molar-refractivity contribution in [1.29, 1.82) is 0 Å². The van der Waals surface area contributed by atoms with Crippen LogP contribution >= 0.6 is 0 Å². The number of aliphatic carboxylic acids is 2. The van der Waals surface area contributed by atoms with Gasteiger partial charge in [-0.05, 0) is 25.7 Å². The van der Waals surface area contributed by atoms with Crippen LogP contribution in [0.3, 0.4) is 0 Å². The van der Waals surface area contributed by atoms with Gasteiger partial charge in [-0.2, -0.15) is 0 Å². The summed E-state index contributed by atoms with van der Waals surface area (Å²) >= 11 is 0. The maximum atomic E-state index is 13.4. The highest BCUT2D eigenvalue weighted by Gasteiger charge is 2.44. The van der Waals surface area contributed by atoms with Gasteiger partial charge in [-0.3, -0.25) is 28.8 Å². The van der Waals surface area contributed by atoms with Gasteiger partial charge in [-0.1, -0.05) is 168 Å². The Labute approximate surface area is 358 Å². The van der Waals surface area contributed by atoms with Crippen LogP contribution in [0.4, 0.5) is 0 Å². The van der Waals surface area contributed by atoms with E-state index >= 15 is 0 Å². The van der Waals surface area contributed by atoms with Crippen molar-refractivity contribution < 1.29 is 67.5 Å². The summed E-state index contributed by atoms with van der Waals surface area (Å²) < 4.78 is 20.2. The second-order valence-electron chi connectivity index (χ2n) is 15.9. The molecule has 0 aliphatic rings. The summed E-state index contributed by atoms with van der Waals surface area (Å²) in [6.45, 7) is 4.40. The van der Waals surface area contributed by atoms with Gasteiger partial charge in [0.05, 0.1) is 0 Å². The van der Waals surface area contributed by atoms with Gasteiger partial charge in [-0.25, -0.2) is 9.59 Å². The van der Waals surface area contributed by atoms with Gasteiger partial charge in [0.2, 0.25) is 12.2 Å². The fourth-order valence-corrected chi connectivity index (χ4v) is 6.65. The van der Waals surface area contributed by atoms with Gasteiger partial charge < -0.3 is 29.2 Å². The molecule has 0 saturated carbocycles. The van der Waals surface area contributed by atoms with E-state index in [9.17, 15) is 38.4 Å². The predicted octanol–water partition coefficient (Wildman–Crippen LogP) is 10.4. The van der Waals surface area contributed by atoms with Gasteiger partial charge in [0.15, 0.2) is 0 Å². The number of carbonyl (C=O) groups is 8. The largest absolute Gasteiger partial charge is 0.481 e. The monoisotopic (exact) mass is 855 g/mol. The third kappa shape index (κ3) is 35.0. The minimum absolute atomic E-state index is 0.162. The average molecular weight is 855 g/mol. The van der Waals surface area contributed by atoms with Crippen LogP contribution in [0.25, 0.3) is 0 Å². The molecule has 0 aliphatic carbocycles. The molecule has 0 fully saturated rings. The highest BCUT2D eigenvalue weighted by atomic mass is 16.7. The van der Waals surface area contributed by atoms with Crippen molar-refractivity contribution in [3.8, 4) is 0 Å². The van der Waals surface area contributed by atoms with E-state index in [2.05, 4.69) is 13.8 Å². The lowest BCUT2D eigenvalue weighted by Crippen LogP contribution is -2.48. The molecule has 14 heteroatoms. The molecule has 60 heavy (non-hydrogen) atoms. The number of carbonyl (C=O) groups excluding carboxylic acids is 6. The second kappa shape index (κ2) is 39.3. The zero-order chi connectivity index (χ0) is 44.6. The number of hydrogen-bond donors (Lipinski definition) is 2. The molecule has 0 aromatic rings. The van der Waals surface area contributed by atoms with Crippen LogP contribution in [0.5, 0.6) is 0 Å². The molecule has 0 aromatic heterocycles. The number of rotatable bonds is 41. The first-order valence-corrected chi connectivity index (χ1v) is 23.2. The Morgan fingerprint density at radius 3 is 0.800 bits per heavy atom. The lowest BCUT2D eigenvalue weighted by Gasteiger charge is -2.23. The number of hydrogen-bond acceptors (Lipinski definition) is 12. The molecule has 0 aromatic carbocycles. The molecule has 0 bridgehead atoms. The van der Waals surface area contributed by atoms with Crippen molar-refractivity contribution in [1.82, 2.24) is 0 Å². The van der Waals surface area contributed by atoms with Crippen LogP contribution in [0.15, 0.2) is 0 Å². The molecule has 0 saturated heterocycles.